The van der Waals surface area contributed by atoms with E-state index in [1.807, 2.05) is 11.3 Å². The zero-order valence-corrected chi connectivity index (χ0v) is 17.3. The van der Waals surface area contributed by atoms with Gasteiger partial charge in [0.2, 0.25) is 0 Å². The number of nitrogens with zero attached hydrogens (tertiary/aromatic N) is 3. The number of rotatable bonds is 5. The molecule has 152 valence electrons. The van der Waals surface area contributed by atoms with Crippen molar-refractivity contribution in [3.8, 4) is 0 Å². The number of thiophene rings is 1. The van der Waals surface area contributed by atoms with Crippen LogP contribution in [0.1, 0.15) is 54.8 Å². The highest BCUT2D eigenvalue weighted by molar-refractivity contribution is 7.19. The van der Waals surface area contributed by atoms with Crippen molar-refractivity contribution in [3.05, 3.63) is 16.3 Å². The molecule has 2 aromatic rings. The van der Waals surface area contributed by atoms with Gasteiger partial charge in [-0.15, -0.1) is 11.3 Å². The lowest BCUT2D eigenvalue weighted by Crippen LogP contribution is -2.36. The van der Waals surface area contributed by atoms with Crippen molar-refractivity contribution in [3.63, 3.8) is 0 Å². The van der Waals surface area contributed by atoms with Crippen LogP contribution in [0.2, 0.25) is 0 Å². The van der Waals surface area contributed by atoms with Crippen LogP contribution in [0.4, 0.5) is 5.82 Å². The van der Waals surface area contributed by atoms with E-state index in [4.69, 9.17) is 14.7 Å². The standard InChI is InChI=1S/C21H30N4O2S/c26-21(7-3-4-8-21)14-22-19-18-15-5-1-2-6-16(15)28-20(18)24-17(23-19)13-25-9-11-27-12-10-25/h26H,1-14H2,(H,22,23,24). The van der Waals surface area contributed by atoms with Gasteiger partial charge in [0, 0.05) is 24.5 Å². The van der Waals surface area contributed by atoms with Crippen LogP contribution in [-0.2, 0) is 24.1 Å². The average molecular weight is 403 g/mol. The van der Waals surface area contributed by atoms with Gasteiger partial charge in [0.05, 0.1) is 30.7 Å². The van der Waals surface area contributed by atoms with E-state index in [-0.39, 0.29) is 0 Å². The molecule has 0 spiro atoms. The summed E-state index contributed by atoms with van der Waals surface area (Å²) in [5.41, 5.74) is 0.864. The maximum atomic E-state index is 10.8. The molecule has 3 aliphatic rings. The van der Waals surface area contributed by atoms with Crippen molar-refractivity contribution in [2.24, 2.45) is 0 Å². The van der Waals surface area contributed by atoms with Crippen molar-refractivity contribution in [2.45, 2.75) is 63.5 Å². The third kappa shape index (κ3) is 3.77. The van der Waals surface area contributed by atoms with E-state index < -0.39 is 5.60 Å². The molecule has 1 aliphatic heterocycles. The zero-order chi connectivity index (χ0) is 19.0. The largest absolute Gasteiger partial charge is 0.388 e. The quantitative estimate of drug-likeness (QED) is 0.801. The van der Waals surface area contributed by atoms with Gasteiger partial charge in [-0.1, -0.05) is 12.8 Å². The molecule has 0 atom stereocenters. The van der Waals surface area contributed by atoms with Crippen LogP contribution < -0.4 is 5.32 Å². The van der Waals surface area contributed by atoms with E-state index in [1.54, 1.807) is 0 Å². The smallest absolute Gasteiger partial charge is 0.146 e. The lowest BCUT2D eigenvalue weighted by molar-refractivity contribution is 0.0331. The second kappa shape index (κ2) is 7.86. The Kier molecular flexibility index (Phi) is 5.26. The third-order valence-electron chi connectivity index (χ3n) is 6.45. The van der Waals surface area contributed by atoms with Crippen LogP contribution in [-0.4, -0.2) is 58.4 Å². The number of morpholine rings is 1. The van der Waals surface area contributed by atoms with Crippen LogP contribution in [0.25, 0.3) is 10.2 Å². The fraction of sp³-hybridized carbons (Fsp3) is 0.714. The van der Waals surface area contributed by atoms with Crippen LogP contribution in [0, 0.1) is 0 Å². The highest BCUT2D eigenvalue weighted by Crippen LogP contribution is 2.39. The van der Waals surface area contributed by atoms with Crippen LogP contribution >= 0.6 is 11.3 Å². The Bertz CT molecular complexity index is 841. The number of ether oxygens (including phenoxy) is 1. The maximum Gasteiger partial charge on any atom is 0.146 e. The summed E-state index contributed by atoms with van der Waals surface area (Å²) in [7, 11) is 0. The van der Waals surface area contributed by atoms with Crippen LogP contribution in [0.5, 0.6) is 0 Å². The second-order valence-corrected chi connectivity index (χ2v) is 9.64. The van der Waals surface area contributed by atoms with Gasteiger partial charge in [-0.2, -0.15) is 0 Å². The summed E-state index contributed by atoms with van der Waals surface area (Å²) in [6, 6.07) is 0. The number of hydrogen-bond acceptors (Lipinski definition) is 7. The van der Waals surface area contributed by atoms with Gasteiger partial charge in [-0.3, -0.25) is 4.90 Å². The lowest BCUT2D eigenvalue weighted by Gasteiger charge is -2.26. The fourth-order valence-corrected chi connectivity index (χ4v) is 6.10. The number of aliphatic hydroxyl groups is 1. The summed E-state index contributed by atoms with van der Waals surface area (Å²) in [6.07, 6.45) is 8.82. The molecule has 2 fully saturated rings. The van der Waals surface area contributed by atoms with Gasteiger partial charge in [0.25, 0.3) is 0 Å². The van der Waals surface area contributed by atoms with Crippen molar-refractivity contribution < 1.29 is 9.84 Å². The first-order valence-corrected chi connectivity index (χ1v) is 11.6. The fourth-order valence-electron chi connectivity index (χ4n) is 4.82. The molecular formula is C21H30N4O2S. The van der Waals surface area contributed by atoms with Crippen LogP contribution in [0.3, 0.4) is 0 Å². The van der Waals surface area contributed by atoms with Crippen molar-refractivity contribution >= 4 is 27.4 Å². The molecule has 3 heterocycles. The van der Waals surface area contributed by atoms with Gasteiger partial charge in [-0.05, 0) is 44.1 Å². The minimum Gasteiger partial charge on any atom is -0.388 e. The highest BCUT2D eigenvalue weighted by Gasteiger charge is 2.31. The van der Waals surface area contributed by atoms with E-state index >= 15 is 0 Å². The molecule has 0 aromatic carbocycles. The third-order valence-corrected chi connectivity index (χ3v) is 7.63. The highest BCUT2D eigenvalue weighted by atomic mass is 32.1. The minimum absolute atomic E-state index is 0.584. The number of fused-ring (bicyclic) bond motifs is 3. The predicted octanol–water partition coefficient (Wildman–Crippen LogP) is 3.12. The average Bonchev–Trinajstić information content (AvgIpc) is 3.31. The van der Waals surface area contributed by atoms with Gasteiger partial charge >= 0.3 is 0 Å². The Morgan fingerprint density at radius 1 is 1.07 bits per heavy atom. The summed E-state index contributed by atoms with van der Waals surface area (Å²) in [5, 5.41) is 15.6. The van der Waals surface area contributed by atoms with Crippen molar-refractivity contribution in [2.75, 3.05) is 38.2 Å². The van der Waals surface area contributed by atoms with Crippen molar-refractivity contribution in [1.82, 2.24) is 14.9 Å². The monoisotopic (exact) mass is 402 g/mol. The normalized spacial score (nSPS) is 22.5. The van der Waals surface area contributed by atoms with Gasteiger partial charge in [0.15, 0.2) is 0 Å². The number of anilines is 1. The SMILES string of the molecule is OC1(CNc2nc(CN3CCOCC3)nc3sc4c(c23)CCCC4)CCCC1. The zero-order valence-electron chi connectivity index (χ0n) is 16.5. The first kappa shape index (κ1) is 18.7. The number of hydrogen-bond donors (Lipinski definition) is 2. The van der Waals surface area contributed by atoms with Gasteiger partial charge in [-0.25, -0.2) is 9.97 Å². The van der Waals surface area contributed by atoms with E-state index in [2.05, 4.69) is 10.2 Å². The topological polar surface area (TPSA) is 70.5 Å². The summed E-state index contributed by atoms with van der Waals surface area (Å²) in [5.74, 6) is 1.82. The first-order chi connectivity index (χ1) is 13.7. The number of aromatic nitrogens is 2. The molecule has 0 radical (unpaired) electrons. The minimum atomic E-state index is -0.586. The Morgan fingerprint density at radius 2 is 1.86 bits per heavy atom. The molecule has 2 aliphatic carbocycles. The predicted molar refractivity (Wildman–Crippen MR) is 112 cm³/mol. The molecule has 0 amide bonds. The molecule has 0 bridgehead atoms. The Morgan fingerprint density at radius 3 is 2.68 bits per heavy atom. The molecule has 1 saturated carbocycles. The molecule has 6 nitrogen and oxygen atoms in total. The Hall–Kier alpha value is -1.28. The summed E-state index contributed by atoms with van der Waals surface area (Å²) >= 11 is 1.85. The van der Waals surface area contributed by atoms with E-state index in [0.29, 0.717) is 6.54 Å². The van der Waals surface area contributed by atoms with Crippen LogP contribution in [0.15, 0.2) is 0 Å². The van der Waals surface area contributed by atoms with E-state index in [9.17, 15) is 5.11 Å². The summed E-state index contributed by atoms with van der Waals surface area (Å²) in [4.78, 5) is 14.9. The maximum absolute atomic E-state index is 10.8. The van der Waals surface area contributed by atoms with Gasteiger partial charge < -0.3 is 15.2 Å². The number of aryl methyl sites for hydroxylation is 2. The molecule has 5 rings (SSSR count). The Labute approximate surface area is 170 Å². The molecule has 1 saturated heterocycles. The summed E-state index contributed by atoms with van der Waals surface area (Å²) < 4.78 is 5.47. The Balaban J connectivity index is 1.47. The molecule has 2 aromatic heterocycles. The van der Waals surface area contributed by atoms with E-state index in [0.717, 1.165) is 81.4 Å². The lowest BCUT2D eigenvalue weighted by atomic mass is 9.97. The molecular weight excluding hydrogens is 372 g/mol. The van der Waals surface area contributed by atoms with E-state index in [1.165, 1.54) is 35.1 Å². The van der Waals surface area contributed by atoms with Gasteiger partial charge in [0.1, 0.15) is 16.5 Å². The molecule has 28 heavy (non-hydrogen) atoms. The number of nitrogens with one attached hydrogen (secondary N) is 1. The first-order valence-electron chi connectivity index (χ1n) is 10.8. The second-order valence-electron chi connectivity index (χ2n) is 8.55. The van der Waals surface area contributed by atoms with Crippen molar-refractivity contribution in [1.29, 1.82) is 0 Å². The molecule has 0 unspecified atom stereocenters. The molecule has 7 heteroatoms. The molecule has 2 N–H and O–H groups in total. The summed E-state index contributed by atoms with van der Waals surface area (Å²) in [6.45, 7) is 4.79.